The number of rotatable bonds is 4. The Bertz CT molecular complexity index is 485. The third kappa shape index (κ3) is 3.49. The molecule has 0 amide bonds. The van der Waals surface area contributed by atoms with E-state index < -0.39 is 0 Å². The van der Waals surface area contributed by atoms with E-state index in [1.165, 1.54) is 54.6 Å². The molecule has 2 nitrogen and oxygen atoms in total. The topological polar surface area (TPSA) is 29.3 Å². The van der Waals surface area contributed by atoms with Crippen LogP contribution in [0.4, 0.5) is 0 Å². The molecule has 21 heavy (non-hydrogen) atoms. The first kappa shape index (κ1) is 16.5. The smallest absolute Gasteiger partial charge is 0.0473 e. The molecule has 1 unspecified atom stereocenters. The number of likely N-dealkylation sites (tertiary alicyclic amines) is 1. The minimum atomic E-state index is 0.380. The van der Waals surface area contributed by atoms with Crippen molar-refractivity contribution in [2.45, 2.75) is 59.9 Å². The Labute approximate surface area is 130 Å². The maximum absolute atomic E-state index is 6.15. The third-order valence-electron chi connectivity index (χ3n) is 5.76. The molecule has 1 saturated heterocycles. The molecule has 2 N–H and O–H groups in total. The van der Waals surface area contributed by atoms with Crippen LogP contribution in [0.1, 0.15) is 61.4 Å². The molecule has 0 radical (unpaired) electrons. The van der Waals surface area contributed by atoms with Crippen LogP contribution in [-0.4, -0.2) is 24.5 Å². The van der Waals surface area contributed by atoms with E-state index in [0.29, 0.717) is 18.0 Å². The lowest BCUT2D eigenvalue weighted by molar-refractivity contribution is 0.0826. The van der Waals surface area contributed by atoms with Gasteiger partial charge in [-0.05, 0) is 74.4 Å². The first-order chi connectivity index (χ1) is 9.90. The van der Waals surface area contributed by atoms with Crippen molar-refractivity contribution in [2.24, 2.45) is 11.1 Å². The number of nitrogens with two attached hydrogens (primary N) is 1. The summed E-state index contributed by atoms with van der Waals surface area (Å²) in [7, 11) is 0. The highest BCUT2D eigenvalue weighted by Crippen LogP contribution is 2.37. The standard InChI is InChI=1S/C19H32N2/c1-6-19(5)7-9-21(10-8-19)18(13-20)17-12-15(3)14(2)11-16(17)4/h11-12,18H,6-10,13,20H2,1-5H3. The second-order valence-electron chi connectivity index (χ2n) is 7.24. The summed E-state index contributed by atoms with van der Waals surface area (Å²) < 4.78 is 0. The molecule has 1 fully saturated rings. The zero-order valence-electron chi connectivity index (χ0n) is 14.5. The fourth-order valence-electron chi connectivity index (χ4n) is 3.54. The van der Waals surface area contributed by atoms with Gasteiger partial charge >= 0.3 is 0 Å². The van der Waals surface area contributed by atoms with Crippen LogP contribution in [0.2, 0.25) is 0 Å². The van der Waals surface area contributed by atoms with Crippen molar-refractivity contribution >= 4 is 0 Å². The summed E-state index contributed by atoms with van der Waals surface area (Å²) in [6, 6.07) is 5.05. The van der Waals surface area contributed by atoms with Crippen molar-refractivity contribution in [3.8, 4) is 0 Å². The molecule has 0 saturated carbocycles. The largest absolute Gasteiger partial charge is 0.329 e. The second kappa shape index (κ2) is 6.50. The molecule has 0 spiro atoms. The van der Waals surface area contributed by atoms with E-state index in [9.17, 15) is 0 Å². The van der Waals surface area contributed by atoms with Gasteiger partial charge in [0.05, 0.1) is 0 Å². The van der Waals surface area contributed by atoms with Crippen LogP contribution in [0.5, 0.6) is 0 Å². The van der Waals surface area contributed by atoms with Gasteiger partial charge in [0.25, 0.3) is 0 Å². The first-order valence-corrected chi connectivity index (χ1v) is 8.42. The second-order valence-corrected chi connectivity index (χ2v) is 7.24. The van der Waals surface area contributed by atoms with E-state index in [-0.39, 0.29) is 0 Å². The van der Waals surface area contributed by atoms with Gasteiger partial charge in [-0.15, -0.1) is 0 Å². The van der Waals surface area contributed by atoms with E-state index in [0.717, 1.165) is 0 Å². The number of nitrogens with zero attached hydrogens (tertiary/aromatic N) is 1. The number of benzene rings is 1. The Morgan fingerprint density at radius 3 is 2.19 bits per heavy atom. The Hall–Kier alpha value is -0.860. The van der Waals surface area contributed by atoms with Crippen molar-refractivity contribution in [1.82, 2.24) is 4.90 Å². The van der Waals surface area contributed by atoms with Crippen LogP contribution in [0.15, 0.2) is 12.1 Å². The molecule has 2 rings (SSSR count). The molecular formula is C19H32N2. The van der Waals surface area contributed by atoms with Gasteiger partial charge in [0.2, 0.25) is 0 Å². The first-order valence-electron chi connectivity index (χ1n) is 8.42. The van der Waals surface area contributed by atoms with E-state index in [1.54, 1.807) is 0 Å². The molecule has 0 aliphatic carbocycles. The molecule has 0 aromatic heterocycles. The van der Waals surface area contributed by atoms with Gasteiger partial charge < -0.3 is 5.73 Å². The van der Waals surface area contributed by atoms with E-state index in [1.807, 2.05) is 0 Å². The van der Waals surface area contributed by atoms with Gasteiger partial charge in [0.15, 0.2) is 0 Å². The van der Waals surface area contributed by atoms with Gasteiger partial charge in [-0.1, -0.05) is 32.4 Å². The van der Waals surface area contributed by atoms with Gasteiger partial charge in [0.1, 0.15) is 0 Å². The highest BCUT2D eigenvalue weighted by molar-refractivity contribution is 5.38. The summed E-state index contributed by atoms with van der Waals surface area (Å²) in [5, 5.41) is 0. The summed E-state index contributed by atoms with van der Waals surface area (Å²) in [4.78, 5) is 2.61. The Balaban J connectivity index is 2.20. The fraction of sp³-hybridized carbons (Fsp3) is 0.684. The quantitative estimate of drug-likeness (QED) is 0.903. The highest BCUT2D eigenvalue weighted by atomic mass is 15.2. The van der Waals surface area contributed by atoms with Crippen LogP contribution in [-0.2, 0) is 0 Å². The predicted molar refractivity (Wildman–Crippen MR) is 91.7 cm³/mol. The Morgan fingerprint density at radius 1 is 1.10 bits per heavy atom. The van der Waals surface area contributed by atoms with Crippen molar-refractivity contribution in [1.29, 1.82) is 0 Å². The summed E-state index contributed by atoms with van der Waals surface area (Å²) in [6.07, 6.45) is 3.88. The monoisotopic (exact) mass is 288 g/mol. The van der Waals surface area contributed by atoms with Crippen LogP contribution >= 0.6 is 0 Å². The molecule has 1 atom stereocenters. The van der Waals surface area contributed by atoms with Gasteiger partial charge in [-0.3, -0.25) is 4.90 Å². The summed E-state index contributed by atoms with van der Waals surface area (Å²) in [6.45, 7) is 14.5. The highest BCUT2D eigenvalue weighted by Gasteiger charge is 2.31. The number of piperidine rings is 1. The maximum Gasteiger partial charge on any atom is 0.0473 e. The average Bonchev–Trinajstić information content (AvgIpc) is 2.47. The normalized spacial score (nSPS) is 20.5. The SMILES string of the molecule is CCC1(C)CCN(C(CN)c2cc(C)c(C)cc2C)CC1. The zero-order chi connectivity index (χ0) is 15.6. The lowest BCUT2D eigenvalue weighted by Crippen LogP contribution is -2.43. The lowest BCUT2D eigenvalue weighted by Gasteiger charge is -2.42. The molecule has 1 aromatic carbocycles. The molecule has 1 aromatic rings. The Morgan fingerprint density at radius 2 is 1.67 bits per heavy atom. The number of aryl methyl sites for hydroxylation is 3. The minimum Gasteiger partial charge on any atom is -0.329 e. The van der Waals surface area contributed by atoms with Crippen molar-refractivity contribution in [3.63, 3.8) is 0 Å². The predicted octanol–water partition coefficient (Wildman–Crippen LogP) is 4.12. The van der Waals surface area contributed by atoms with E-state index in [4.69, 9.17) is 5.73 Å². The van der Waals surface area contributed by atoms with E-state index >= 15 is 0 Å². The summed E-state index contributed by atoms with van der Waals surface area (Å²) in [5.74, 6) is 0. The van der Waals surface area contributed by atoms with Crippen molar-refractivity contribution in [3.05, 3.63) is 34.4 Å². The lowest BCUT2D eigenvalue weighted by atomic mass is 9.77. The minimum absolute atomic E-state index is 0.380. The fourth-order valence-corrected chi connectivity index (χ4v) is 3.54. The van der Waals surface area contributed by atoms with Crippen LogP contribution in [0.3, 0.4) is 0 Å². The van der Waals surface area contributed by atoms with Gasteiger partial charge in [-0.2, -0.15) is 0 Å². The summed E-state index contributed by atoms with van der Waals surface area (Å²) in [5.41, 5.74) is 12.3. The molecule has 1 heterocycles. The third-order valence-corrected chi connectivity index (χ3v) is 5.76. The molecule has 1 aliphatic rings. The van der Waals surface area contributed by atoms with Gasteiger partial charge in [-0.25, -0.2) is 0 Å². The summed E-state index contributed by atoms with van der Waals surface area (Å²) >= 11 is 0. The maximum atomic E-state index is 6.15. The Kier molecular flexibility index (Phi) is 5.11. The van der Waals surface area contributed by atoms with Crippen LogP contribution < -0.4 is 5.73 Å². The van der Waals surface area contributed by atoms with Crippen LogP contribution in [0, 0.1) is 26.2 Å². The van der Waals surface area contributed by atoms with Gasteiger partial charge in [0, 0.05) is 12.6 Å². The zero-order valence-corrected chi connectivity index (χ0v) is 14.5. The molecular weight excluding hydrogens is 256 g/mol. The molecule has 0 bridgehead atoms. The van der Waals surface area contributed by atoms with Crippen molar-refractivity contribution < 1.29 is 0 Å². The molecule has 118 valence electrons. The number of hydrogen-bond acceptors (Lipinski definition) is 2. The molecule has 1 aliphatic heterocycles. The number of hydrogen-bond donors (Lipinski definition) is 1. The average molecular weight is 288 g/mol. The van der Waals surface area contributed by atoms with E-state index in [2.05, 4.69) is 51.7 Å². The van der Waals surface area contributed by atoms with Crippen LogP contribution in [0.25, 0.3) is 0 Å². The van der Waals surface area contributed by atoms with Crippen molar-refractivity contribution in [2.75, 3.05) is 19.6 Å². The molecule has 2 heteroatoms.